The van der Waals surface area contributed by atoms with E-state index in [-0.39, 0.29) is 23.9 Å². The van der Waals surface area contributed by atoms with Crippen LogP contribution in [0.15, 0.2) is 30.5 Å². The molecule has 0 atom stereocenters. The zero-order valence-corrected chi connectivity index (χ0v) is 14.0. The highest BCUT2D eigenvalue weighted by molar-refractivity contribution is 5.92. The van der Waals surface area contributed by atoms with Gasteiger partial charge in [0.2, 0.25) is 0 Å². The third-order valence-electron chi connectivity index (χ3n) is 4.35. The monoisotopic (exact) mass is 335 g/mol. The standard InChI is InChI=1S/C16H21N5O.ClH/c1-12-4-6-13(7-5-12)21-10-14(19-20-21)15(22)18-16(11-17)8-2-3-9-16;/h4-7,10H,2-3,8-9,11,17H2,1H3,(H,18,22);1H. The lowest BCUT2D eigenvalue weighted by Crippen LogP contribution is -2.51. The van der Waals surface area contributed by atoms with Crippen LogP contribution < -0.4 is 11.1 Å². The fourth-order valence-corrected chi connectivity index (χ4v) is 2.93. The molecule has 7 heteroatoms. The molecule has 124 valence electrons. The molecule has 1 heterocycles. The molecule has 0 saturated heterocycles. The highest BCUT2D eigenvalue weighted by Gasteiger charge is 2.34. The van der Waals surface area contributed by atoms with Crippen LogP contribution in [0, 0.1) is 6.92 Å². The zero-order valence-electron chi connectivity index (χ0n) is 13.2. The molecule has 1 saturated carbocycles. The van der Waals surface area contributed by atoms with Crippen molar-refractivity contribution in [2.75, 3.05) is 6.54 Å². The molecule has 23 heavy (non-hydrogen) atoms. The summed E-state index contributed by atoms with van der Waals surface area (Å²) in [6.07, 6.45) is 5.73. The molecule has 0 aliphatic heterocycles. The van der Waals surface area contributed by atoms with Crippen LogP contribution in [-0.2, 0) is 0 Å². The van der Waals surface area contributed by atoms with Gasteiger partial charge in [-0.15, -0.1) is 17.5 Å². The molecule has 1 aromatic carbocycles. The molecule has 3 rings (SSSR count). The third-order valence-corrected chi connectivity index (χ3v) is 4.35. The number of carbonyl (C=O) groups excluding carboxylic acids is 1. The Kier molecular flexibility index (Phi) is 5.38. The highest BCUT2D eigenvalue weighted by atomic mass is 35.5. The number of nitrogens with one attached hydrogen (secondary N) is 1. The summed E-state index contributed by atoms with van der Waals surface area (Å²) in [4.78, 5) is 12.4. The summed E-state index contributed by atoms with van der Waals surface area (Å²) in [5.74, 6) is -0.203. The Morgan fingerprint density at radius 3 is 2.57 bits per heavy atom. The van der Waals surface area contributed by atoms with E-state index in [1.165, 1.54) is 5.56 Å². The molecule has 1 aromatic heterocycles. The van der Waals surface area contributed by atoms with Crippen LogP contribution in [0.2, 0.25) is 0 Å². The summed E-state index contributed by atoms with van der Waals surface area (Å²) >= 11 is 0. The fraction of sp³-hybridized carbons (Fsp3) is 0.438. The van der Waals surface area contributed by atoms with Crippen molar-refractivity contribution in [3.05, 3.63) is 41.7 Å². The lowest BCUT2D eigenvalue weighted by Gasteiger charge is -2.28. The van der Waals surface area contributed by atoms with Crippen LogP contribution in [0.4, 0.5) is 0 Å². The van der Waals surface area contributed by atoms with E-state index in [0.29, 0.717) is 12.2 Å². The first-order chi connectivity index (χ1) is 10.6. The third kappa shape index (κ3) is 3.71. The Hall–Kier alpha value is -1.92. The van der Waals surface area contributed by atoms with Gasteiger partial charge >= 0.3 is 0 Å². The van der Waals surface area contributed by atoms with Crippen molar-refractivity contribution in [3.63, 3.8) is 0 Å². The lowest BCUT2D eigenvalue weighted by atomic mass is 9.98. The minimum absolute atomic E-state index is 0. The Morgan fingerprint density at radius 2 is 1.96 bits per heavy atom. The van der Waals surface area contributed by atoms with Crippen molar-refractivity contribution in [1.82, 2.24) is 20.3 Å². The molecule has 6 nitrogen and oxygen atoms in total. The second kappa shape index (κ2) is 7.10. The number of benzene rings is 1. The molecule has 1 aliphatic carbocycles. The number of nitrogens with two attached hydrogens (primary N) is 1. The number of rotatable bonds is 4. The summed E-state index contributed by atoms with van der Waals surface area (Å²) in [6.45, 7) is 2.49. The fourth-order valence-electron chi connectivity index (χ4n) is 2.93. The first kappa shape index (κ1) is 17.4. The van der Waals surface area contributed by atoms with Gasteiger partial charge in [0, 0.05) is 6.54 Å². The van der Waals surface area contributed by atoms with Gasteiger partial charge in [-0.25, -0.2) is 4.68 Å². The van der Waals surface area contributed by atoms with Crippen LogP contribution in [0.3, 0.4) is 0 Å². The van der Waals surface area contributed by atoms with Crippen LogP contribution in [0.25, 0.3) is 5.69 Å². The maximum absolute atomic E-state index is 12.4. The Morgan fingerprint density at radius 1 is 1.30 bits per heavy atom. The van der Waals surface area contributed by atoms with E-state index in [2.05, 4.69) is 15.6 Å². The predicted molar refractivity (Wildman–Crippen MR) is 91.1 cm³/mol. The second-order valence-electron chi connectivity index (χ2n) is 6.03. The summed E-state index contributed by atoms with van der Waals surface area (Å²) in [7, 11) is 0. The molecular weight excluding hydrogens is 314 g/mol. The Labute approximate surface area is 141 Å². The largest absolute Gasteiger partial charge is 0.344 e. The zero-order chi connectivity index (χ0) is 15.6. The van der Waals surface area contributed by atoms with Gasteiger partial charge in [-0.2, -0.15) is 0 Å². The summed E-state index contributed by atoms with van der Waals surface area (Å²) in [5.41, 5.74) is 7.95. The molecular formula is C16H22ClN5O. The van der Waals surface area contributed by atoms with E-state index in [0.717, 1.165) is 31.4 Å². The maximum atomic E-state index is 12.4. The number of amides is 1. The number of aryl methyl sites for hydroxylation is 1. The van der Waals surface area contributed by atoms with Crippen molar-refractivity contribution < 1.29 is 4.79 Å². The van der Waals surface area contributed by atoms with E-state index in [1.807, 2.05) is 31.2 Å². The normalized spacial score (nSPS) is 15.9. The highest BCUT2D eigenvalue weighted by Crippen LogP contribution is 2.28. The van der Waals surface area contributed by atoms with Gasteiger partial charge in [-0.1, -0.05) is 35.8 Å². The van der Waals surface area contributed by atoms with Gasteiger partial charge in [0.05, 0.1) is 17.4 Å². The summed E-state index contributed by atoms with van der Waals surface area (Å²) in [6, 6.07) is 7.89. The van der Waals surface area contributed by atoms with Crippen molar-refractivity contribution in [2.24, 2.45) is 5.73 Å². The van der Waals surface area contributed by atoms with E-state index in [4.69, 9.17) is 5.73 Å². The molecule has 1 aliphatic rings. The van der Waals surface area contributed by atoms with Crippen molar-refractivity contribution in [3.8, 4) is 5.69 Å². The molecule has 0 unspecified atom stereocenters. The van der Waals surface area contributed by atoms with Crippen molar-refractivity contribution in [2.45, 2.75) is 38.1 Å². The quantitative estimate of drug-likeness (QED) is 0.894. The lowest BCUT2D eigenvalue weighted by molar-refractivity contribution is 0.0898. The SMILES string of the molecule is Cc1ccc(-n2cc(C(=O)NC3(CN)CCCC3)nn2)cc1.Cl. The number of carbonyl (C=O) groups is 1. The van der Waals surface area contributed by atoms with Gasteiger partial charge in [-0.05, 0) is 31.9 Å². The predicted octanol–water partition coefficient (Wildman–Crippen LogP) is 2.00. The van der Waals surface area contributed by atoms with Gasteiger partial charge in [-0.3, -0.25) is 4.79 Å². The average Bonchev–Trinajstić information content (AvgIpc) is 3.18. The summed E-state index contributed by atoms with van der Waals surface area (Å²) in [5, 5.41) is 11.1. The van der Waals surface area contributed by atoms with Crippen molar-refractivity contribution >= 4 is 18.3 Å². The maximum Gasteiger partial charge on any atom is 0.273 e. The van der Waals surface area contributed by atoms with E-state index in [1.54, 1.807) is 10.9 Å². The van der Waals surface area contributed by atoms with Crippen molar-refractivity contribution in [1.29, 1.82) is 0 Å². The van der Waals surface area contributed by atoms with Gasteiger partial charge in [0.15, 0.2) is 5.69 Å². The molecule has 0 radical (unpaired) electrons. The first-order valence-corrected chi connectivity index (χ1v) is 7.64. The van der Waals surface area contributed by atoms with Gasteiger partial charge in [0.25, 0.3) is 5.91 Å². The molecule has 2 aromatic rings. The topological polar surface area (TPSA) is 85.8 Å². The number of hydrogen-bond acceptors (Lipinski definition) is 4. The van der Waals surface area contributed by atoms with Crippen LogP contribution >= 0.6 is 12.4 Å². The molecule has 0 bridgehead atoms. The number of halogens is 1. The van der Waals surface area contributed by atoms with Crippen LogP contribution in [0.5, 0.6) is 0 Å². The average molecular weight is 336 g/mol. The Balaban J connectivity index is 0.00000192. The molecule has 1 amide bonds. The van der Waals surface area contributed by atoms with Crippen LogP contribution in [-0.4, -0.2) is 33.0 Å². The molecule has 0 spiro atoms. The van der Waals surface area contributed by atoms with E-state index < -0.39 is 0 Å². The molecule has 1 fully saturated rings. The molecule has 3 N–H and O–H groups in total. The van der Waals surface area contributed by atoms with E-state index in [9.17, 15) is 4.79 Å². The minimum Gasteiger partial charge on any atom is -0.344 e. The van der Waals surface area contributed by atoms with Crippen LogP contribution in [0.1, 0.15) is 41.7 Å². The van der Waals surface area contributed by atoms with Gasteiger partial charge < -0.3 is 11.1 Å². The summed E-state index contributed by atoms with van der Waals surface area (Å²) < 4.78 is 1.61. The van der Waals surface area contributed by atoms with E-state index >= 15 is 0 Å². The second-order valence-corrected chi connectivity index (χ2v) is 6.03. The van der Waals surface area contributed by atoms with Gasteiger partial charge in [0.1, 0.15) is 0 Å². The Bertz CT molecular complexity index is 661. The minimum atomic E-state index is -0.273. The number of aromatic nitrogens is 3. The first-order valence-electron chi connectivity index (χ1n) is 7.64. The number of hydrogen-bond donors (Lipinski definition) is 2. The smallest absolute Gasteiger partial charge is 0.273 e. The number of nitrogens with zero attached hydrogens (tertiary/aromatic N) is 3.